The van der Waals surface area contributed by atoms with Crippen LogP contribution in [0.5, 0.6) is 0 Å². The lowest BCUT2D eigenvalue weighted by Crippen LogP contribution is -2.48. The highest BCUT2D eigenvalue weighted by molar-refractivity contribution is 5.93. The number of aryl methyl sites for hydroxylation is 1. The van der Waals surface area contributed by atoms with E-state index in [2.05, 4.69) is 51.4 Å². The van der Waals surface area contributed by atoms with Gasteiger partial charge in [-0.05, 0) is 30.2 Å². The van der Waals surface area contributed by atoms with Crippen LogP contribution in [0.3, 0.4) is 0 Å². The lowest BCUT2D eigenvalue weighted by molar-refractivity contribution is 0.0627. The zero-order valence-corrected chi connectivity index (χ0v) is 16.6. The van der Waals surface area contributed by atoms with Gasteiger partial charge in [0.05, 0.1) is 5.56 Å². The van der Waals surface area contributed by atoms with E-state index in [-0.39, 0.29) is 5.91 Å². The summed E-state index contributed by atoms with van der Waals surface area (Å²) in [6.07, 6.45) is 3.20. The fourth-order valence-corrected chi connectivity index (χ4v) is 3.47. The SMILES string of the molecule is Cc1ccccc1CN1CCN(C(=O)c2cnc(Nc3ccccc3)nc2)CC1. The van der Waals surface area contributed by atoms with Gasteiger partial charge in [-0.2, -0.15) is 0 Å². The Kier molecular flexibility index (Phi) is 5.81. The highest BCUT2D eigenvalue weighted by atomic mass is 16.2. The van der Waals surface area contributed by atoms with E-state index in [9.17, 15) is 4.79 Å². The second kappa shape index (κ2) is 8.84. The third-order valence-corrected chi connectivity index (χ3v) is 5.24. The lowest BCUT2D eigenvalue weighted by atomic mass is 10.1. The van der Waals surface area contributed by atoms with Crippen molar-refractivity contribution in [1.82, 2.24) is 19.8 Å². The first-order valence-corrected chi connectivity index (χ1v) is 9.89. The molecule has 4 rings (SSSR count). The molecule has 0 radical (unpaired) electrons. The van der Waals surface area contributed by atoms with E-state index in [1.807, 2.05) is 35.2 Å². The van der Waals surface area contributed by atoms with E-state index < -0.39 is 0 Å². The molecule has 1 aliphatic rings. The number of rotatable bonds is 5. The number of carbonyl (C=O) groups excluding carboxylic acids is 1. The van der Waals surface area contributed by atoms with Crippen molar-refractivity contribution in [3.8, 4) is 0 Å². The molecular formula is C23H25N5O. The summed E-state index contributed by atoms with van der Waals surface area (Å²) in [5.74, 6) is 0.475. The Labute approximate surface area is 171 Å². The van der Waals surface area contributed by atoms with Crippen LogP contribution in [0.15, 0.2) is 67.0 Å². The summed E-state index contributed by atoms with van der Waals surface area (Å²) in [5.41, 5.74) is 4.10. The summed E-state index contributed by atoms with van der Waals surface area (Å²) >= 11 is 0. The van der Waals surface area contributed by atoms with Crippen molar-refractivity contribution in [2.24, 2.45) is 0 Å². The molecule has 6 nitrogen and oxygen atoms in total. The Morgan fingerprint density at radius 3 is 2.28 bits per heavy atom. The molecule has 2 heterocycles. The average Bonchev–Trinajstić information content (AvgIpc) is 2.77. The zero-order chi connectivity index (χ0) is 20.1. The Morgan fingerprint density at radius 1 is 0.931 bits per heavy atom. The topological polar surface area (TPSA) is 61.4 Å². The van der Waals surface area contributed by atoms with Gasteiger partial charge in [-0.15, -0.1) is 0 Å². The van der Waals surface area contributed by atoms with Crippen molar-refractivity contribution >= 4 is 17.5 Å². The lowest BCUT2D eigenvalue weighted by Gasteiger charge is -2.35. The minimum Gasteiger partial charge on any atom is -0.336 e. The van der Waals surface area contributed by atoms with E-state index >= 15 is 0 Å². The smallest absolute Gasteiger partial charge is 0.257 e. The molecule has 0 bridgehead atoms. The third kappa shape index (κ3) is 4.78. The van der Waals surface area contributed by atoms with Crippen molar-refractivity contribution in [1.29, 1.82) is 0 Å². The monoisotopic (exact) mass is 387 g/mol. The number of aromatic nitrogens is 2. The van der Waals surface area contributed by atoms with E-state index in [0.29, 0.717) is 24.6 Å². The van der Waals surface area contributed by atoms with Gasteiger partial charge in [0, 0.05) is 50.8 Å². The second-order valence-electron chi connectivity index (χ2n) is 7.28. The number of carbonyl (C=O) groups is 1. The Bertz CT molecular complexity index is 951. The molecule has 1 aromatic heterocycles. The highest BCUT2D eigenvalue weighted by Gasteiger charge is 2.23. The number of hydrogen-bond acceptors (Lipinski definition) is 5. The second-order valence-corrected chi connectivity index (χ2v) is 7.28. The number of para-hydroxylation sites is 1. The van der Waals surface area contributed by atoms with E-state index in [0.717, 1.165) is 25.3 Å². The minimum atomic E-state index is -0.00759. The fraction of sp³-hybridized carbons (Fsp3) is 0.261. The highest BCUT2D eigenvalue weighted by Crippen LogP contribution is 2.15. The molecule has 1 fully saturated rings. The van der Waals surface area contributed by atoms with Crippen molar-refractivity contribution in [2.75, 3.05) is 31.5 Å². The van der Waals surface area contributed by atoms with Gasteiger partial charge in [-0.1, -0.05) is 42.5 Å². The van der Waals surface area contributed by atoms with Crippen LogP contribution >= 0.6 is 0 Å². The molecule has 148 valence electrons. The maximum atomic E-state index is 12.8. The maximum Gasteiger partial charge on any atom is 0.257 e. The van der Waals surface area contributed by atoms with E-state index in [4.69, 9.17) is 0 Å². The first kappa shape index (κ1) is 19.1. The molecule has 1 amide bonds. The normalized spacial score (nSPS) is 14.6. The number of benzene rings is 2. The maximum absolute atomic E-state index is 12.8. The number of nitrogens with zero attached hydrogens (tertiary/aromatic N) is 4. The first-order chi connectivity index (χ1) is 14.2. The summed E-state index contributed by atoms with van der Waals surface area (Å²) in [4.78, 5) is 25.7. The standard InChI is InChI=1S/C23H25N5O/c1-18-7-5-6-8-19(18)17-27-11-13-28(14-12-27)22(29)20-15-24-23(25-16-20)26-21-9-3-2-4-10-21/h2-10,15-16H,11-14,17H2,1H3,(H,24,25,26). The summed E-state index contributed by atoms with van der Waals surface area (Å²) in [6, 6.07) is 18.2. The predicted molar refractivity (Wildman–Crippen MR) is 114 cm³/mol. The molecule has 0 aliphatic carbocycles. The van der Waals surface area contributed by atoms with Gasteiger partial charge in [-0.25, -0.2) is 9.97 Å². The van der Waals surface area contributed by atoms with E-state index in [1.54, 1.807) is 12.4 Å². The summed E-state index contributed by atoms with van der Waals surface area (Å²) in [7, 11) is 0. The molecule has 0 saturated carbocycles. The first-order valence-electron chi connectivity index (χ1n) is 9.89. The number of piperazine rings is 1. The van der Waals surface area contributed by atoms with Crippen molar-refractivity contribution in [3.05, 3.63) is 83.7 Å². The minimum absolute atomic E-state index is 0.00759. The molecule has 3 aromatic rings. The van der Waals surface area contributed by atoms with Crippen molar-refractivity contribution in [3.63, 3.8) is 0 Å². The van der Waals surface area contributed by atoms with Gasteiger partial charge in [0.15, 0.2) is 0 Å². The van der Waals surface area contributed by atoms with E-state index in [1.165, 1.54) is 11.1 Å². The molecule has 2 aromatic carbocycles. The number of nitrogens with one attached hydrogen (secondary N) is 1. The van der Waals surface area contributed by atoms with Gasteiger partial charge in [-0.3, -0.25) is 9.69 Å². The van der Waals surface area contributed by atoms with Crippen LogP contribution in [0, 0.1) is 6.92 Å². The van der Waals surface area contributed by atoms with Crippen LogP contribution in [0.2, 0.25) is 0 Å². The summed E-state index contributed by atoms with van der Waals surface area (Å²) in [5, 5.41) is 3.13. The number of anilines is 2. The zero-order valence-electron chi connectivity index (χ0n) is 16.6. The molecule has 0 unspecified atom stereocenters. The average molecular weight is 387 g/mol. The van der Waals surface area contributed by atoms with Gasteiger partial charge < -0.3 is 10.2 Å². The molecule has 0 spiro atoms. The molecule has 29 heavy (non-hydrogen) atoms. The van der Waals surface area contributed by atoms with Crippen molar-refractivity contribution < 1.29 is 4.79 Å². The van der Waals surface area contributed by atoms with Crippen LogP contribution in [0.1, 0.15) is 21.5 Å². The number of amides is 1. The summed E-state index contributed by atoms with van der Waals surface area (Å²) < 4.78 is 0. The third-order valence-electron chi connectivity index (χ3n) is 5.24. The van der Waals surface area contributed by atoms with Gasteiger partial charge >= 0.3 is 0 Å². The Balaban J connectivity index is 1.32. The number of hydrogen-bond donors (Lipinski definition) is 1. The van der Waals surface area contributed by atoms with Crippen LogP contribution < -0.4 is 5.32 Å². The molecular weight excluding hydrogens is 362 g/mol. The van der Waals surface area contributed by atoms with Crippen LogP contribution in [-0.4, -0.2) is 51.9 Å². The van der Waals surface area contributed by atoms with Gasteiger partial charge in [0.1, 0.15) is 0 Å². The Morgan fingerprint density at radius 2 is 1.59 bits per heavy atom. The molecule has 1 aliphatic heterocycles. The van der Waals surface area contributed by atoms with Gasteiger partial charge in [0.25, 0.3) is 5.91 Å². The largest absolute Gasteiger partial charge is 0.336 e. The van der Waals surface area contributed by atoms with Gasteiger partial charge in [0.2, 0.25) is 5.95 Å². The predicted octanol–water partition coefficient (Wildman–Crippen LogP) is 3.49. The molecule has 1 saturated heterocycles. The quantitative estimate of drug-likeness (QED) is 0.726. The van der Waals surface area contributed by atoms with Crippen LogP contribution in [-0.2, 0) is 6.54 Å². The molecule has 0 atom stereocenters. The summed E-state index contributed by atoms with van der Waals surface area (Å²) in [6.45, 7) is 6.25. The van der Waals surface area contributed by atoms with Crippen molar-refractivity contribution in [2.45, 2.75) is 13.5 Å². The van der Waals surface area contributed by atoms with Crippen LogP contribution in [0.4, 0.5) is 11.6 Å². The van der Waals surface area contributed by atoms with Crippen LogP contribution in [0.25, 0.3) is 0 Å². The molecule has 1 N–H and O–H groups in total. The fourth-order valence-electron chi connectivity index (χ4n) is 3.47. The Hall–Kier alpha value is -3.25. The molecule has 6 heteroatoms.